The average molecular weight is 523 g/mol. The molecule has 0 bridgehead atoms. The minimum atomic E-state index is -1.03. The molecule has 4 aliphatic carbocycles. The van der Waals surface area contributed by atoms with Gasteiger partial charge in [-0.15, -0.1) is 0 Å². The maximum Gasteiger partial charge on any atom is 0.168 e. The van der Waals surface area contributed by atoms with Crippen LogP contribution in [0.3, 0.4) is 0 Å². The second-order valence-corrected chi connectivity index (χ2v) is 14.6. The van der Waals surface area contributed by atoms with Gasteiger partial charge >= 0.3 is 0 Å². The average Bonchev–Trinajstić information content (AvgIpc) is 3.45. The van der Waals surface area contributed by atoms with Crippen molar-refractivity contribution in [1.29, 1.82) is 0 Å². The fraction of sp³-hybridized carbons (Fsp3) is 1.00. The van der Waals surface area contributed by atoms with Crippen LogP contribution in [0.4, 0.5) is 0 Å². The van der Waals surface area contributed by atoms with Gasteiger partial charge in [-0.2, -0.15) is 0 Å². The molecule has 10 atom stereocenters. The van der Waals surface area contributed by atoms with E-state index in [1.807, 2.05) is 0 Å². The van der Waals surface area contributed by atoms with Crippen molar-refractivity contribution in [2.75, 3.05) is 27.1 Å². The third kappa shape index (κ3) is 4.95. The lowest BCUT2D eigenvalue weighted by Gasteiger charge is -2.63. The van der Waals surface area contributed by atoms with Crippen LogP contribution in [0.5, 0.6) is 0 Å². The summed E-state index contributed by atoms with van der Waals surface area (Å²) in [4.78, 5) is 0. The molecule has 5 rings (SSSR count). The molecule has 5 fully saturated rings. The van der Waals surface area contributed by atoms with Gasteiger partial charge in [0.25, 0.3) is 0 Å². The van der Waals surface area contributed by atoms with Crippen molar-refractivity contribution in [1.82, 2.24) is 0 Å². The summed E-state index contributed by atoms with van der Waals surface area (Å²) in [6, 6.07) is 0. The quantitative estimate of drug-likeness (QED) is 0.408. The summed E-state index contributed by atoms with van der Waals surface area (Å²) in [6.45, 7) is 12.8. The fourth-order valence-corrected chi connectivity index (χ4v) is 10.2. The Hall–Kier alpha value is -0.240. The van der Waals surface area contributed by atoms with Crippen molar-refractivity contribution in [2.45, 2.75) is 122 Å². The van der Waals surface area contributed by atoms with Crippen LogP contribution >= 0.6 is 0 Å². The Morgan fingerprint density at radius 2 is 1.68 bits per heavy atom. The van der Waals surface area contributed by atoms with Crippen LogP contribution in [0.25, 0.3) is 0 Å². The molecule has 2 N–H and O–H groups in total. The lowest BCUT2D eigenvalue weighted by molar-refractivity contribution is -0.253. The lowest BCUT2D eigenvalue weighted by atomic mass is 9.43. The monoisotopic (exact) mass is 522 g/mol. The molecule has 37 heavy (non-hydrogen) atoms. The van der Waals surface area contributed by atoms with Crippen LogP contribution in [0, 0.1) is 46.3 Å². The summed E-state index contributed by atoms with van der Waals surface area (Å²) in [7, 11) is 1.74. The zero-order valence-corrected chi connectivity index (χ0v) is 24.3. The maximum atomic E-state index is 10.5. The summed E-state index contributed by atoms with van der Waals surface area (Å²) >= 11 is 0. The molecule has 0 aromatic rings. The van der Waals surface area contributed by atoms with E-state index in [1.165, 1.54) is 32.1 Å². The van der Waals surface area contributed by atoms with Crippen molar-refractivity contribution >= 4 is 0 Å². The van der Waals surface area contributed by atoms with E-state index in [0.29, 0.717) is 59.6 Å². The highest BCUT2D eigenvalue weighted by molar-refractivity contribution is 5.13. The zero-order valence-electron chi connectivity index (χ0n) is 24.3. The molecule has 1 spiro atoms. The van der Waals surface area contributed by atoms with E-state index in [9.17, 15) is 10.2 Å². The van der Waals surface area contributed by atoms with E-state index in [4.69, 9.17) is 18.9 Å². The van der Waals surface area contributed by atoms with Crippen molar-refractivity contribution in [2.24, 2.45) is 46.3 Å². The third-order valence-electron chi connectivity index (χ3n) is 12.3. The lowest BCUT2D eigenvalue weighted by Crippen LogP contribution is -2.60. The Kier molecular flexibility index (Phi) is 7.88. The first kappa shape index (κ1) is 28.3. The second-order valence-electron chi connectivity index (χ2n) is 14.6. The summed E-state index contributed by atoms with van der Waals surface area (Å²) in [5.41, 5.74) is -0.404. The number of methoxy groups -OCH3 is 1. The molecule has 5 aliphatic rings. The minimum absolute atomic E-state index is 0.232. The highest BCUT2D eigenvalue weighted by atomic mass is 16.7. The molecule has 0 aromatic carbocycles. The van der Waals surface area contributed by atoms with Gasteiger partial charge in [-0.05, 0) is 112 Å². The van der Waals surface area contributed by atoms with E-state index in [0.717, 1.165) is 38.9 Å². The van der Waals surface area contributed by atoms with Crippen LogP contribution in [-0.2, 0) is 18.9 Å². The first-order valence-electron chi connectivity index (χ1n) is 15.2. The van der Waals surface area contributed by atoms with E-state index < -0.39 is 11.7 Å². The van der Waals surface area contributed by atoms with E-state index in [-0.39, 0.29) is 11.9 Å². The first-order chi connectivity index (χ1) is 17.4. The molecule has 1 heterocycles. The first-order valence-corrected chi connectivity index (χ1v) is 15.2. The van der Waals surface area contributed by atoms with Crippen molar-refractivity contribution < 1.29 is 29.2 Å². The van der Waals surface area contributed by atoms with Gasteiger partial charge in [-0.1, -0.05) is 20.8 Å². The highest BCUT2D eigenvalue weighted by Gasteiger charge is 2.65. The van der Waals surface area contributed by atoms with Crippen LogP contribution in [-0.4, -0.2) is 60.9 Å². The van der Waals surface area contributed by atoms with Gasteiger partial charge in [0.05, 0.1) is 31.0 Å². The van der Waals surface area contributed by atoms with Crippen LogP contribution in [0.2, 0.25) is 0 Å². The van der Waals surface area contributed by atoms with Gasteiger partial charge in [0.15, 0.2) is 5.79 Å². The molecule has 6 nitrogen and oxygen atoms in total. The van der Waals surface area contributed by atoms with Gasteiger partial charge in [-0.25, -0.2) is 0 Å². The fourth-order valence-electron chi connectivity index (χ4n) is 10.2. The number of aliphatic hydroxyl groups excluding tert-OH is 1. The van der Waals surface area contributed by atoms with E-state index in [1.54, 1.807) is 21.0 Å². The maximum absolute atomic E-state index is 10.5. The zero-order chi connectivity index (χ0) is 26.6. The smallest absolute Gasteiger partial charge is 0.168 e. The van der Waals surface area contributed by atoms with Crippen LogP contribution in [0.15, 0.2) is 0 Å². The number of fused-ring (bicyclic) bond motifs is 5. The van der Waals surface area contributed by atoms with Gasteiger partial charge in [-0.3, -0.25) is 0 Å². The molecule has 0 amide bonds. The van der Waals surface area contributed by atoms with Crippen molar-refractivity contribution in [3.8, 4) is 0 Å². The Morgan fingerprint density at radius 3 is 2.35 bits per heavy atom. The number of ether oxygens (including phenoxy) is 4. The van der Waals surface area contributed by atoms with Gasteiger partial charge in [0.2, 0.25) is 0 Å². The second kappa shape index (κ2) is 10.3. The van der Waals surface area contributed by atoms with Gasteiger partial charge < -0.3 is 29.2 Å². The normalized spacial score (nSPS) is 44.8. The molecule has 0 unspecified atom stereocenters. The highest BCUT2D eigenvalue weighted by Crippen LogP contribution is 2.69. The summed E-state index contributed by atoms with van der Waals surface area (Å²) in [5.74, 6) is 3.34. The molecular formula is C31H54O6. The summed E-state index contributed by atoms with van der Waals surface area (Å²) in [5, 5.41) is 20.7. The molecule has 4 saturated carbocycles. The van der Waals surface area contributed by atoms with Crippen molar-refractivity contribution in [3.63, 3.8) is 0 Å². The predicted octanol–water partition coefficient (Wildman–Crippen LogP) is 5.54. The number of rotatable bonds is 8. The molecule has 1 saturated heterocycles. The SMILES string of the molecule is COCO[C@@H]1C[C@H]2CC3(CC[C@]2(C)[C@H]2CC[C@]4(C)[C@@H]([C@H](C)CC[C@@H](O)C(C)(C)O)CC[C@H]4[C@H]12)OCCO3. The molecule has 1 aliphatic heterocycles. The molecule has 214 valence electrons. The molecule has 0 radical (unpaired) electrons. The Morgan fingerprint density at radius 1 is 0.973 bits per heavy atom. The number of aliphatic hydroxyl groups is 2. The van der Waals surface area contributed by atoms with Gasteiger partial charge in [0.1, 0.15) is 6.79 Å². The summed E-state index contributed by atoms with van der Waals surface area (Å²) in [6.07, 6.45) is 10.6. The largest absolute Gasteiger partial charge is 0.390 e. The van der Waals surface area contributed by atoms with E-state index in [2.05, 4.69) is 20.8 Å². The van der Waals surface area contributed by atoms with Crippen LogP contribution < -0.4 is 0 Å². The summed E-state index contributed by atoms with van der Waals surface area (Å²) < 4.78 is 24.4. The molecular weight excluding hydrogens is 468 g/mol. The minimum Gasteiger partial charge on any atom is -0.390 e. The van der Waals surface area contributed by atoms with Gasteiger partial charge in [0, 0.05) is 20.0 Å². The predicted molar refractivity (Wildman–Crippen MR) is 143 cm³/mol. The molecule has 0 aromatic heterocycles. The third-order valence-corrected chi connectivity index (χ3v) is 12.3. The Balaban J connectivity index is 1.35. The standard InChI is InChI=1S/C31H54O6/c1-20(7-10-26(32)28(2,3)33)22-8-9-23-27-24(11-12-30(22,23)5)29(4)13-14-31(36-15-16-37-31)18-21(29)17-25(27)35-19-34-6/h20-27,32-33H,7-19H2,1-6H3/t20-,21+,22-,23+,24+,25-,26-,27+,29+,30-/m1/s1. The number of hydrogen-bond acceptors (Lipinski definition) is 6. The molecule has 6 heteroatoms. The Bertz CT molecular complexity index is 789. The van der Waals surface area contributed by atoms with Crippen LogP contribution in [0.1, 0.15) is 98.8 Å². The topological polar surface area (TPSA) is 77.4 Å². The number of hydrogen-bond donors (Lipinski definition) is 2. The van der Waals surface area contributed by atoms with Crippen molar-refractivity contribution in [3.05, 3.63) is 0 Å². The van der Waals surface area contributed by atoms with E-state index >= 15 is 0 Å². The Labute approximate surface area is 225 Å².